The van der Waals surface area contributed by atoms with E-state index in [0.717, 1.165) is 37.4 Å². The number of hydrogen-bond acceptors (Lipinski definition) is 3. The molecule has 2 aliphatic carbocycles. The second kappa shape index (κ2) is 10.5. The molecule has 1 aromatic heterocycles. The van der Waals surface area contributed by atoms with Crippen molar-refractivity contribution in [1.29, 1.82) is 0 Å². The number of ether oxygens (including phenoxy) is 1. The van der Waals surface area contributed by atoms with Gasteiger partial charge in [0.1, 0.15) is 5.82 Å². The van der Waals surface area contributed by atoms with E-state index in [0.29, 0.717) is 24.0 Å². The van der Waals surface area contributed by atoms with Crippen molar-refractivity contribution < 1.29 is 13.5 Å². The molecule has 0 aliphatic heterocycles. The van der Waals surface area contributed by atoms with Gasteiger partial charge in [0, 0.05) is 18.3 Å². The molecule has 1 aromatic carbocycles. The van der Waals surface area contributed by atoms with Gasteiger partial charge in [-0.2, -0.15) is 4.39 Å². The second-order valence-corrected chi connectivity index (χ2v) is 9.27. The highest BCUT2D eigenvalue weighted by Crippen LogP contribution is 2.42. The monoisotopic (exact) mass is 440 g/mol. The van der Waals surface area contributed by atoms with Crippen molar-refractivity contribution in [2.24, 2.45) is 5.92 Å². The molecule has 172 valence electrons. The van der Waals surface area contributed by atoms with Crippen LogP contribution in [0.5, 0.6) is 5.75 Å². The first-order chi connectivity index (χ1) is 15.6. The van der Waals surface area contributed by atoms with E-state index in [1.807, 2.05) is 12.4 Å². The highest BCUT2D eigenvalue weighted by molar-refractivity contribution is 5.33. The first kappa shape index (κ1) is 22.9. The van der Waals surface area contributed by atoms with Gasteiger partial charge in [-0.3, -0.25) is 0 Å². The summed E-state index contributed by atoms with van der Waals surface area (Å²) in [6, 6.07) is 3.24. The maximum Gasteiger partial charge on any atom is 0.200 e. The fraction of sp³-hybridized carbons (Fsp3) is 0.556. The third kappa shape index (κ3) is 5.02. The predicted molar refractivity (Wildman–Crippen MR) is 123 cm³/mol. The SMILES string of the molecule is CC=CC1CCC(c2cnc(C3CCC(c4ccc(OCC)c(F)c4F)CC3)nc2)CC1. The molecule has 2 fully saturated rings. The molecule has 0 saturated heterocycles. The molecule has 2 saturated carbocycles. The summed E-state index contributed by atoms with van der Waals surface area (Å²) in [6.45, 7) is 4.17. The van der Waals surface area contributed by atoms with Crippen LogP contribution in [0.2, 0.25) is 0 Å². The normalized spacial score (nSPS) is 26.4. The van der Waals surface area contributed by atoms with Crippen LogP contribution in [0.3, 0.4) is 0 Å². The van der Waals surface area contributed by atoms with Crippen LogP contribution < -0.4 is 4.74 Å². The summed E-state index contributed by atoms with van der Waals surface area (Å²) in [4.78, 5) is 9.44. The maximum absolute atomic E-state index is 14.6. The molecule has 32 heavy (non-hydrogen) atoms. The van der Waals surface area contributed by atoms with E-state index in [1.54, 1.807) is 19.1 Å². The lowest BCUT2D eigenvalue weighted by atomic mass is 9.78. The van der Waals surface area contributed by atoms with Gasteiger partial charge >= 0.3 is 0 Å². The van der Waals surface area contributed by atoms with Crippen molar-refractivity contribution in [1.82, 2.24) is 9.97 Å². The fourth-order valence-corrected chi connectivity index (χ4v) is 5.48. The van der Waals surface area contributed by atoms with Crippen LogP contribution in [0.1, 0.15) is 99.9 Å². The van der Waals surface area contributed by atoms with Crippen LogP contribution in [-0.4, -0.2) is 16.6 Å². The van der Waals surface area contributed by atoms with Crippen LogP contribution in [0.4, 0.5) is 8.78 Å². The largest absolute Gasteiger partial charge is 0.491 e. The van der Waals surface area contributed by atoms with Crippen molar-refractivity contribution in [3.63, 3.8) is 0 Å². The smallest absolute Gasteiger partial charge is 0.200 e. The van der Waals surface area contributed by atoms with Gasteiger partial charge in [0.2, 0.25) is 5.82 Å². The minimum atomic E-state index is -0.870. The van der Waals surface area contributed by atoms with Gasteiger partial charge in [0.05, 0.1) is 6.61 Å². The lowest BCUT2D eigenvalue weighted by Gasteiger charge is -2.29. The molecule has 3 nitrogen and oxygen atoms in total. The van der Waals surface area contributed by atoms with Gasteiger partial charge < -0.3 is 4.74 Å². The van der Waals surface area contributed by atoms with Crippen LogP contribution in [0.15, 0.2) is 36.7 Å². The van der Waals surface area contributed by atoms with Gasteiger partial charge in [-0.25, -0.2) is 14.4 Å². The number of aromatic nitrogens is 2. The van der Waals surface area contributed by atoms with Gasteiger partial charge in [-0.1, -0.05) is 18.2 Å². The molecule has 0 atom stereocenters. The molecular weight excluding hydrogens is 406 g/mol. The lowest BCUT2D eigenvalue weighted by molar-refractivity contribution is 0.310. The Kier molecular flexibility index (Phi) is 7.54. The van der Waals surface area contributed by atoms with Crippen LogP contribution >= 0.6 is 0 Å². The molecule has 0 unspecified atom stereocenters. The quantitative estimate of drug-likeness (QED) is 0.438. The first-order valence-electron chi connectivity index (χ1n) is 12.2. The Morgan fingerprint density at radius 3 is 2.12 bits per heavy atom. The molecule has 0 amide bonds. The van der Waals surface area contributed by atoms with E-state index in [2.05, 4.69) is 19.1 Å². The molecule has 2 aliphatic rings. The summed E-state index contributed by atoms with van der Waals surface area (Å²) in [6.07, 6.45) is 16.8. The molecule has 0 spiro atoms. The van der Waals surface area contributed by atoms with Crippen LogP contribution in [-0.2, 0) is 0 Å². The van der Waals surface area contributed by atoms with E-state index in [9.17, 15) is 8.78 Å². The summed E-state index contributed by atoms with van der Waals surface area (Å²) in [7, 11) is 0. The minimum Gasteiger partial charge on any atom is -0.491 e. The Morgan fingerprint density at radius 2 is 1.50 bits per heavy atom. The van der Waals surface area contributed by atoms with Gasteiger partial charge in [-0.15, -0.1) is 0 Å². The van der Waals surface area contributed by atoms with Crippen molar-refractivity contribution >= 4 is 0 Å². The minimum absolute atomic E-state index is 0.00811. The third-order valence-corrected chi connectivity index (χ3v) is 7.31. The highest BCUT2D eigenvalue weighted by atomic mass is 19.2. The van der Waals surface area contributed by atoms with Gasteiger partial charge in [0.15, 0.2) is 11.6 Å². The number of hydrogen-bond donors (Lipinski definition) is 0. The highest BCUT2D eigenvalue weighted by Gasteiger charge is 2.29. The summed E-state index contributed by atoms with van der Waals surface area (Å²) in [5.74, 6) is 0.872. The Labute approximate surface area is 190 Å². The van der Waals surface area contributed by atoms with E-state index < -0.39 is 11.6 Å². The third-order valence-electron chi connectivity index (χ3n) is 7.31. The lowest BCUT2D eigenvalue weighted by Crippen LogP contribution is -2.16. The van der Waals surface area contributed by atoms with Crippen LogP contribution in [0, 0.1) is 17.6 Å². The van der Waals surface area contributed by atoms with E-state index in [-0.39, 0.29) is 11.7 Å². The predicted octanol–water partition coefficient (Wildman–Crippen LogP) is 7.44. The average Bonchev–Trinajstić information content (AvgIpc) is 2.83. The first-order valence-corrected chi connectivity index (χ1v) is 12.2. The number of allylic oxidation sites excluding steroid dienone is 2. The Morgan fingerprint density at radius 1 is 0.875 bits per heavy atom. The molecular formula is C27H34F2N2O. The van der Waals surface area contributed by atoms with Crippen molar-refractivity contribution in [2.75, 3.05) is 6.61 Å². The zero-order valence-electron chi connectivity index (χ0n) is 19.2. The van der Waals surface area contributed by atoms with Crippen molar-refractivity contribution in [3.05, 3.63) is 65.3 Å². The van der Waals surface area contributed by atoms with Crippen molar-refractivity contribution in [3.8, 4) is 5.75 Å². The van der Waals surface area contributed by atoms with E-state index in [1.165, 1.54) is 31.2 Å². The topological polar surface area (TPSA) is 35.0 Å². The molecule has 5 heteroatoms. The van der Waals surface area contributed by atoms with E-state index >= 15 is 0 Å². The van der Waals surface area contributed by atoms with Crippen LogP contribution in [0.25, 0.3) is 0 Å². The molecule has 0 radical (unpaired) electrons. The molecule has 1 heterocycles. The molecule has 0 bridgehead atoms. The van der Waals surface area contributed by atoms with Gasteiger partial charge in [-0.05, 0) is 100 Å². The summed E-state index contributed by atoms with van der Waals surface area (Å²) < 4.78 is 34.0. The average molecular weight is 441 g/mol. The molecule has 0 N–H and O–H groups in total. The summed E-state index contributed by atoms with van der Waals surface area (Å²) in [5, 5.41) is 0. The standard InChI is InChI=1S/C27H34F2N2O/c1-3-5-18-6-8-19(9-7-18)22-16-30-27(31-17-22)21-12-10-20(11-13-21)23-14-15-24(32-4-2)26(29)25(23)28/h3,5,14-21H,4,6-13H2,1-2H3. The number of nitrogens with zero attached hydrogens (tertiary/aromatic N) is 2. The Balaban J connectivity index is 1.34. The summed E-state index contributed by atoms with van der Waals surface area (Å²) in [5.41, 5.74) is 1.72. The maximum atomic E-state index is 14.6. The number of halogens is 2. The van der Waals surface area contributed by atoms with Gasteiger partial charge in [0.25, 0.3) is 0 Å². The molecule has 4 rings (SSSR count). The fourth-order valence-electron chi connectivity index (χ4n) is 5.48. The Hall–Kier alpha value is -2.30. The van der Waals surface area contributed by atoms with Crippen molar-refractivity contribution in [2.45, 2.75) is 83.0 Å². The summed E-state index contributed by atoms with van der Waals surface area (Å²) >= 11 is 0. The van der Waals surface area contributed by atoms with E-state index in [4.69, 9.17) is 14.7 Å². The number of benzene rings is 1. The number of rotatable bonds is 6. The zero-order valence-corrected chi connectivity index (χ0v) is 19.2. The Bertz CT molecular complexity index is 912. The molecule has 2 aromatic rings. The zero-order chi connectivity index (χ0) is 22.5. The second-order valence-electron chi connectivity index (χ2n) is 9.27.